The minimum atomic E-state index is -0.799. The van der Waals surface area contributed by atoms with Gasteiger partial charge in [-0.05, 0) is 17.4 Å². The molecule has 4 heteroatoms. The number of methoxy groups -OCH3 is 1. The standard InChI is InChI=1S/C19H28N2O2/c1-13(2)16-17(23-6)20-19(14(3)4,18(22)21(16)5)12-15-10-8-7-9-11-15/h7-11,13-14,16H,12H2,1-6H3/t16-,19+/m0/s1. The Labute approximate surface area is 139 Å². The Morgan fingerprint density at radius 2 is 1.83 bits per heavy atom. The van der Waals surface area contributed by atoms with Crippen LogP contribution in [0.1, 0.15) is 33.3 Å². The molecule has 2 rings (SSSR count). The van der Waals surface area contributed by atoms with Crippen molar-refractivity contribution in [2.75, 3.05) is 14.2 Å². The van der Waals surface area contributed by atoms with E-state index in [9.17, 15) is 4.79 Å². The van der Waals surface area contributed by atoms with Gasteiger partial charge in [-0.3, -0.25) is 4.79 Å². The smallest absolute Gasteiger partial charge is 0.251 e. The molecule has 1 aromatic rings. The van der Waals surface area contributed by atoms with E-state index in [1.165, 1.54) is 0 Å². The number of aliphatic imine (C=N–C) groups is 1. The van der Waals surface area contributed by atoms with E-state index in [0.29, 0.717) is 12.3 Å². The highest BCUT2D eigenvalue weighted by Crippen LogP contribution is 2.35. The zero-order valence-electron chi connectivity index (χ0n) is 15.0. The van der Waals surface area contributed by atoms with E-state index >= 15 is 0 Å². The molecule has 2 atom stereocenters. The summed E-state index contributed by atoms with van der Waals surface area (Å²) in [5.41, 5.74) is 0.317. The average molecular weight is 316 g/mol. The highest BCUT2D eigenvalue weighted by molar-refractivity contribution is 5.98. The minimum absolute atomic E-state index is 0.0795. The van der Waals surface area contributed by atoms with Gasteiger partial charge < -0.3 is 9.64 Å². The molecule has 1 aromatic carbocycles. The number of rotatable bonds is 4. The van der Waals surface area contributed by atoms with E-state index in [1.54, 1.807) is 7.11 Å². The fourth-order valence-corrected chi connectivity index (χ4v) is 3.41. The summed E-state index contributed by atoms with van der Waals surface area (Å²) >= 11 is 0. The van der Waals surface area contributed by atoms with Crippen molar-refractivity contribution in [3.8, 4) is 0 Å². The van der Waals surface area contributed by atoms with Crippen molar-refractivity contribution in [3.63, 3.8) is 0 Å². The van der Waals surface area contributed by atoms with Gasteiger partial charge in [-0.15, -0.1) is 0 Å². The van der Waals surface area contributed by atoms with Crippen LogP contribution in [0.2, 0.25) is 0 Å². The van der Waals surface area contributed by atoms with E-state index in [4.69, 9.17) is 9.73 Å². The summed E-state index contributed by atoms with van der Waals surface area (Å²) in [7, 11) is 3.51. The number of likely N-dealkylation sites (N-methyl/N-ethyl adjacent to an activating group) is 1. The molecule has 0 fully saturated rings. The largest absolute Gasteiger partial charge is 0.483 e. The quantitative estimate of drug-likeness (QED) is 0.856. The first-order chi connectivity index (χ1) is 10.8. The molecule has 0 aliphatic carbocycles. The summed E-state index contributed by atoms with van der Waals surface area (Å²) in [4.78, 5) is 19.9. The predicted octanol–water partition coefficient (Wildman–Crippen LogP) is 3.17. The maximum Gasteiger partial charge on any atom is 0.251 e. The number of carbonyl (C=O) groups excluding carboxylic acids is 1. The molecule has 4 nitrogen and oxygen atoms in total. The normalized spacial score (nSPS) is 25.0. The van der Waals surface area contributed by atoms with E-state index < -0.39 is 5.54 Å². The Balaban J connectivity index is 2.53. The van der Waals surface area contributed by atoms with Gasteiger partial charge in [0.25, 0.3) is 5.91 Å². The number of ether oxygens (including phenoxy) is 1. The topological polar surface area (TPSA) is 41.9 Å². The summed E-state index contributed by atoms with van der Waals surface area (Å²) in [5, 5.41) is 0. The second-order valence-corrected chi connectivity index (χ2v) is 7.00. The predicted molar refractivity (Wildman–Crippen MR) is 93.6 cm³/mol. The van der Waals surface area contributed by atoms with Crippen LogP contribution in [0.25, 0.3) is 0 Å². The van der Waals surface area contributed by atoms with E-state index in [0.717, 1.165) is 5.56 Å². The van der Waals surface area contributed by atoms with E-state index in [2.05, 4.69) is 27.7 Å². The summed E-state index contributed by atoms with van der Waals surface area (Å²) in [6.45, 7) is 8.29. The third-order valence-electron chi connectivity index (χ3n) is 4.78. The van der Waals surface area contributed by atoms with Gasteiger partial charge in [0.2, 0.25) is 5.90 Å². The molecule has 1 aliphatic heterocycles. The van der Waals surface area contributed by atoms with Gasteiger partial charge in [0.1, 0.15) is 11.6 Å². The van der Waals surface area contributed by atoms with Crippen molar-refractivity contribution >= 4 is 11.8 Å². The van der Waals surface area contributed by atoms with Gasteiger partial charge in [0.15, 0.2) is 0 Å². The lowest BCUT2D eigenvalue weighted by Gasteiger charge is -2.45. The van der Waals surface area contributed by atoms with Crippen LogP contribution in [0.4, 0.5) is 0 Å². The first-order valence-corrected chi connectivity index (χ1v) is 8.28. The maximum absolute atomic E-state index is 13.2. The molecule has 0 spiro atoms. The van der Waals surface area contributed by atoms with Crippen LogP contribution in [0.5, 0.6) is 0 Å². The zero-order valence-corrected chi connectivity index (χ0v) is 15.0. The lowest BCUT2D eigenvalue weighted by Crippen LogP contribution is -2.62. The lowest BCUT2D eigenvalue weighted by molar-refractivity contribution is -0.140. The average Bonchev–Trinajstić information content (AvgIpc) is 2.51. The minimum Gasteiger partial charge on any atom is -0.483 e. The molecule has 0 aromatic heterocycles. The van der Waals surface area contributed by atoms with Crippen LogP contribution in [-0.4, -0.2) is 42.4 Å². The van der Waals surface area contributed by atoms with Crippen molar-refractivity contribution in [1.29, 1.82) is 0 Å². The van der Waals surface area contributed by atoms with Crippen LogP contribution < -0.4 is 0 Å². The van der Waals surface area contributed by atoms with Gasteiger partial charge in [-0.2, -0.15) is 0 Å². The summed E-state index contributed by atoms with van der Waals surface area (Å²) < 4.78 is 5.58. The fraction of sp³-hybridized carbons (Fsp3) is 0.579. The van der Waals surface area contributed by atoms with E-state index in [-0.39, 0.29) is 23.8 Å². The van der Waals surface area contributed by atoms with Crippen molar-refractivity contribution in [2.24, 2.45) is 16.8 Å². The van der Waals surface area contributed by atoms with Crippen LogP contribution >= 0.6 is 0 Å². The molecule has 1 amide bonds. The van der Waals surface area contributed by atoms with Crippen LogP contribution in [-0.2, 0) is 16.0 Å². The summed E-state index contributed by atoms with van der Waals surface area (Å²) in [6.07, 6.45) is 0.590. The van der Waals surface area contributed by atoms with Crippen molar-refractivity contribution in [2.45, 2.75) is 45.7 Å². The molecule has 0 saturated carbocycles. The molecule has 0 N–H and O–H groups in total. The Kier molecular flexibility index (Phi) is 5.12. The second kappa shape index (κ2) is 6.73. The van der Waals surface area contributed by atoms with E-state index in [1.807, 2.05) is 42.3 Å². The Bertz CT molecular complexity index is 580. The number of benzene rings is 1. The molecule has 126 valence electrons. The number of carbonyl (C=O) groups is 1. The number of hydrogen-bond acceptors (Lipinski definition) is 3. The van der Waals surface area contributed by atoms with Crippen LogP contribution in [0.15, 0.2) is 35.3 Å². The summed E-state index contributed by atoms with van der Waals surface area (Å²) in [5.74, 6) is 1.07. The third-order valence-corrected chi connectivity index (χ3v) is 4.78. The van der Waals surface area contributed by atoms with Crippen molar-refractivity contribution in [3.05, 3.63) is 35.9 Å². The molecular formula is C19H28N2O2. The Morgan fingerprint density at radius 1 is 1.22 bits per heavy atom. The maximum atomic E-state index is 13.2. The molecule has 0 unspecified atom stereocenters. The number of nitrogens with zero attached hydrogens (tertiary/aromatic N) is 2. The van der Waals surface area contributed by atoms with Gasteiger partial charge in [0, 0.05) is 13.5 Å². The molecule has 0 saturated heterocycles. The molecule has 23 heavy (non-hydrogen) atoms. The summed E-state index contributed by atoms with van der Waals surface area (Å²) in [6, 6.07) is 9.98. The van der Waals surface area contributed by atoms with Gasteiger partial charge in [-0.25, -0.2) is 4.99 Å². The van der Waals surface area contributed by atoms with Gasteiger partial charge in [-0.1, -0.05) is 58.0 Å². The van der Waals surface area contributed by atoms with Gasteiger partial charge >= 0.3 is 0 Å². The molecule has 1 aliphatic rings. The molecule has 0 bridgehead atoms. The third kappa shape index (κ3) is 3.12. The lowest BCUT2D eigenvalue weighted by atomic mass is 9.78. The highest BCUT2D eigenvalue weighted by Gasteiger charge is 2.50. The molecule has 1 heterocycles. The van der Waals surface area contributed by atoms with Crippen molar-refractivity contribution < 1.29 is 9.53 Å². The number of hydrogen-bond donors (Lipinski definition) is 0. The Hall–Kier alpha value is -1.84. The van der Waals surface area contributed by atoms with Crippen LogP contribution in [0, 0.1) is 11.8 Å². The fourth-order valence-electron chi connectivity index (χ4n) is 3.41. The van der Waals surface area contributed by atoms with Crippen molar-refractivity contribution in [1.82, 2.24) is 4.90 Å². The highest BCUT2D eigenvalue weighted by atomic mass is 16.5. The molecular weight excluding hydrogens is 288 g/mol. The molecule has 0 radical (unpaired) electrons. The van der Waals surface area contributed by atoms with Crippen LogP contribution in [0.3, 0.4) is 0 Å². The SMILES string of the molecule is COC1=N[C@](Cc2ccccc2)(C(C)C)C(=O)N(C)[C@H]1C(C)C. The first kappa shape index (κ1) is 17.5. The monoisotopic (exact) mass is 316 g/mol. The zero-order chi connectivity index (χ0) is 17.2. The number of amides is 1. The van der Waals surface area contributed by atoms with Gasteiger partial charge in [0.05, 0.1) is 7.11 Å². The first-order valence-electron chi connectivity index (χ1n) is 8.28. The second-order valence-electron chi connectivity index (χ2n) is 7.00. The Morgan fingerprint density at radius 3 is 2.30 bits per heavy atom.